The van der Waals surface area contributed by atoms with E-state index in [1.54, 1.807) is 13.0 Å². The lowest BCUT2D eigenvalue weighted by molar-refractivity contribution is -0.134. The Morgan fingerprint density at radius 1 is 1.12 bits per heavy atom. The molecular formula is C35H42Cl2N6O5. The Kier molecular flexibility index (Phi) is 11.0. The van der Waals surface area contributed by atoms with E-state index in [0.717, 1.165) is 28.6 Å². The number of anilines is 1. The molecule has 0 bridgehead atoms. The van der Waals surface area contributed by atoms with Crippen LogP contribution in [0.4, 0.5) is 10.8 Å². The summed E-state index contributed by atoms with van der Waals surface area (Å²) in [5, 5.41) is 11.5. The highest BCUT2D eigenvalue weighted by Gasteiger charge is 2.48. The van der Waals surface area contributed by atoms with Crippen LogP contribution in [0.5, 0.6) is 0 Å². The van der Waals surface area contributed by atoms with Crippen LogP contribution >= 0.6 is 23.2 Å². The minimum atomic E-state index is -1.44. The van der Waals surface area contributed by atoms with Gasteiger partial charge in [-0.05, 0) is 54.9 Å². The highest BCUT2D eigenvalue weighted by Crippen LogP contribution is 2.39. The summed E-state index contributed by atoms with van der Waals surface area (Å²) < 4.78 is 11.0. The third-order valence-electron chi connectivity index (χ3n) is 9.24. The van der Waals surface area contributed by atoms with Crippen molar-refractivity contribution in [1.82, 2.24) is 25.8 Å². The van der Waals surface area contributed by atoms with Crippen LogP contribution in [0, 0.1) is 18.8 Å². The first kappa shape index (κ1) is 35.2. The zero-order valence-electron chi connectivity index (χ0n) is 27.9. The number of aryl methyl sites for hydroxylation is 2. The molecule has 4 atom stereocenters. The summed E-state index contributed by atoms with van der Waals surface area (Å²) in [6, 6.07) is 11.8. The number of H-pyrrole nitrogens is 1. The fourth-order valence-electron chi connectivity index (χ4n) is 6.06. The maximum absolute atomic E-state index is 15.0. The van der Waals surface area contributed by atoms with Gasteiger partial charge in [0.15, 0.2) is 5.82 Å². The van der Waals surface area contributed by atoms with Gasteiger partial charge < -0.3 is 24.9 Å². The van der Waals surface area contributed by atoms with Gasteiger partial charge in [0.25, 0.3) is 5.91 Å². The maximum Gasteiger partial charge on any atom is 0.408 e. The molecule has 0 saturated heterocycles. The van der Waals surface area contributed by atoms with Crippen LogP contribution in [-0.4, -0.2) is 51.2 Å². The Morgan fingerprint density at radius 2 is 1.88 bits per heavy atom. The summed E-state index contributed by atoms with van der Waals surface area (Å²) in [5.74, 6) is -0.693. The van der Waals surface area contributed by atoms with Crippen molar-refractivity contribution in [1.29, 1.82) is 0 Å². The van der Waals surface area contributed by atoms with Gasteiger partial charge in [-0.15, -0.1) is 0 Å². The first-order valence-electron chi connectivity index (χ1n) is 16.3. The number of carbonyl (C=O) groups excluding carboxylic acids is 3. The third kappa shape index (κ3) is 7.63. The minimum absolute atomic E-state index is 0.0482. The van der Waals surface area contributed by atoms with Crippen molar-refractivity contribution in [3.05, 3.63) is 75.2 Å². The summed E-state index contributed by atoms with van der Waals surface area (Å²) >= 11 is 13.0. The number of aromatic nitrogens is 3. The van der Waals surface area contributed by atoms with E-state index in [-0.39, 0.29) is 43.2 Å². The molecule has 2 aromatic carbocycles. The molecule has 0 radical (unpaired) electrons. The van der Waals surface area contributed by atoms with Crippen molar-refractivity contribution in [3.8, 4) is 0 Å². The van der Waals surface area contributed by atoms with Crippen LogP contribution in [0.25, 0.3) is 10.9 Å². The standard InChI is InChI=1S/C35H42Cl2N6O5/c1-6-20(3)18-43(33-38-22(5)42-48-33)32(45)35(14-13-28-26(17-35)25-15-24(36)16-27(37)30(25)39-28)41-31(44)29(21(4)7-2)40-34(46)47-19-23-11-9-8-10-12-23/h8-12,15-16,20-21,29,39H,6-7,13-14,17-19H2,1-5H3,(H,40,46)(H,41,44)/t20-,21-,29?,35+/m0/s1. The van der Waals surface area contributed by atoms with Crippen LogP contribution in [0.15, 0.2) is 47.0 Å². The van der Waals surface area contributed by atoms with Gasteiger partial charge >= 0.3 is 12.1 Å². The summed E-state index contributed by atoms with van der Waals surface area (Å²) in [6.07, 6.45) is 1.49. The number of nitrogens with zero attached hydrogens (tertiary/aromatic N) is 3. The lowest BCUT2D eigenvalue weighted by Crippen LogP contribution is -2.66. The summed E-state index contributed by atoms with van der Waals surface area (Å²) in [7, 11) is 0. The zero-order valence-corrected chi connectivity index (χ0v) is 29.4. The number of ether oxygens (including phenoxy) is 1. The van der Waals surface area contributed by atoms with Crippen molar-refractivity contribution in [2.24, 2.45) is 11.8 Å². The number of amides is 3. The Morgan fingerprint density at radius 3 is 2.54 bits per heavy atom. The van der Waals surface area contributed by atoms with Crippen molar-refractivity contribution >= 4 is 58.0 Å². The molecule has 1 unspecified atom stereocenters. The summed E-state index contributed by atoms with van der Waals surface area (Å²) in [5.41, 5.74) is 1.83. The number of nitrogens with one attached hydrogen (secondary N) is 3. The van der Waals surface area contributed by atoms with Gasteiger partial charge in [-0.2, -0.15) is 4.98 Å². The monoisotopic (exact) mass is 696 g/mol. The van der Waals surface area contributed by atoms with E-state index in [1.165, 1.54) is 4.90 Å². The molecule has 1 aliphatic rings. The van der Waals surface area contributed by atoms with Crippen molar-refractivity contribution in [2.45, 2.75) is 84.9 Å². The molecule has 0 fully saturated rings. The topological polar surface area (TPSA) is 142 Å². The van der Waals surface area contributed by atoms with Crippen LogP contribution in [-0.2, 0) is 33.8 Å². The Balaban J connectivity index is 1.52. The molecule has 0 spiro atoms. The van der Waals surface area contributed by atoms with Gasteiger partial charge in [0.1, 0.15) is 18.2 Å². The van der Waals surface area contributed by atoms with Gasteiger partial charge in [-0.25, -0.2) is 4.79 Å². The molecule has 0 saturated carbocycles. The SMILES string of the molecule is CC[C@H](C)CN(C(=O)[C@@]1(NC(=O)C(NC(=O)OCc2ccccc2)[C@@H](C)CC)CCc2[nH]c3c(Cl)cc(Cl)cc3c2C1)c1nc(C)no1. The number of rotatable bonds is 12. The second kappa shape index (κ2) is 15.0. The van der Waals surface area contributed by atoms with E-state index in [9.17, 15) is 14.4 Å². The molecule has 0 aliphatic heterocycles. The molecule has 3 N–H and O–H groups in total. The molecule has 13 heteroatoms. The van der Waals surface area contributed by atoms with Crippen LogP contribution < -0.4 is 15.5 Å². The number of fused-ring (bicyclic) bond motifs is 3. The molecule has 2 aromatic heterocycles. The quantitative estimate of drug-likeness (QED) is 0.146. The third-order valence-corrected chi connectivity index (χ3v) is 9.75. The number of alkyl carbamates (subject to hydrolysis) is 1. The Bertz CT molecular complexity index is 1780. The number of carbonyl (C=O) groups is 3. The first-order valence-corrected chi connectivity index (χ1v) is 17.1. The van der Waals surface area contributed by atoms with Crippen molar-refractivity contribution in [2.75, 3.05) is 11.4 Å². The normalized spacial score (nSPS) is 17.6. The lowest BCUT2D eigenvalue weighted by Gasteiger charge is -2.41. The highest BCUT2D eigenvalue weighted by atomic mass is 35.5. The summed E-state index contributed by atoms with van der Waals surface area (Å²) in [4.78, 5) is 51.6. The van der Waals surface area contributed by atoms with E-state index in [4.69, 9.17) is 32.5 Å². The van der Waals surface area contributed by atoms with E-state index in [1.807, 2.05) is 64.1 Å². The fourth-order valence-corrected chi connectivity index (χ4v) is 6.60. The minimum Gasteiger partial charge on any atom is -0.445 e. The highest BCUT2D eigenvalue weighted by molar-refractivity contribution is 6.38. The second-order valence-corrected chi connectivity index (χ2v) is 13.6. The van der Waals surface area contributed by atoms with E-state index >= 15 is 0 Å². The van der Waals surface area contributed by atoms with E-state index in [2.05, 4.69) is 25.8 Å². The fraction of sp³-hybridized carbons (Fsp3) is 0.457. The van der Waals surface area contributed by atoms with Crippen molar-refractivity contribution in [3.63, 3.8) is 0 Å². The maximum atomic E-state index is 15.0. The van der Waals surface area contributed by atoms with Gasteiger partial charge in [0, 0.05) is 29.1 Å². The first-order chi connectivity index (χ1) is 22.9. The molecular weight excluding hydrogens is 655 g/mol. The largest absolute Gasteiger partial charge is 0.445 e. The zero-order chi connectivity index (χ0) is 34.6. The van der Waals surface area contributed by atoms with E-state index < -0.39 is 23.6 Å². The molecule has 11 nitrogen and oxygen atoms in total. The number of halogens is 2. The average molecular weight is 698 g/mol. The molecule has 5 rings (SSSR count). The molecule has 256 valence electrons. The number of hydrogen-bond acceptors (Lipinski definition) is 7. The average Bonchev–Trinajstić information content (AvgIpc) is 3.67. The molecule has 3 amide bonds. The smallest absolute Gasteiger partial charge is 0.408 e. The van der Waals surface area contributed by atoms with Gasteiger partial charge in [0.2, 0.25) is 5.91 Å². The van der Waals surface area contributed by atoms with Crippen LogP contribution in [0.1, 0.15) is 69.6 Å². The predicted octanol–water partition coefficient (Wildman–Crippen LogP) is 6.93. The Labute approximate surface area is 290 Å². The molecule has 2 heterocycles. The second-order valence-electron chi connectivity index (χ2n) is 12.8. The number of benzene rings is 2. The van der Waals surface area contributed by atoms with Crippen LogP contribution in [0.3, 0.4) is 0 Å². The Hall–Kier alpha value is -4.09. The van der Waals surface area contributed by atoms with Gasteiger partial charge in [0.05, 0.1) is 10.5 Å². The lowest BCUT2D eigenvalue weighted by atomic mass is 9.78. The number of hydrogen-bond donors (Lipinski definition) is 3. The molecule has 1 aliphatic carbocycles. The number of aromatic amines is 1. The van der Waals surface area contributed by atoms with E-state index in [0.29, 0.717) is 40.8 Å². The summed E-state index contributed by atoms with van der Waals surface area (Å²) in [6.45, 7) is 9.90. The van der Waals surface area contributed by atoms with Gasteiger partial charge in [-0.1, -0.05) is 99.2 Å². The van der Waals surface area contributed by atoms with Crippen molar-refractivity contribution < 1.29 is 23.6 Å². The molecule has 48 heavy (non-hydrogen) atoms. The van der Waals surface area contributed by atoms with Crippen LogP contribution in [0.2, 0.25) is 10.0 Å². The predicted molar refractivity (Wildman–Crippen MR) is 185 cm³/mol. The van der Waals surface area contributed by atoms with Gasteiger partial charge in [-0.3, -0.25) is 14.5 Å². The molecule has 4 aromatic rings.